The van der Waals surface area contributed by atoms with Crippen LogP contribution in [-0.2, 0) is 0 Å². The van der Waals surface area contributed by atoms with Crippen molar-refractivity contribution in [3.63, 3.8) is 0 Å². The number of hydrogen-bond donors (Lipinski definition) is 0. The van der Waals surface area contributed by atoms with E-state index in [1.165, 1.54) is 25.0 Å². The minimum atomic E-state index is 0.381. The van der Waals surface area contributed by atoms with Gasteiger partial charge >= 0.3 is 0 Å². The number of hydrogen-bond acceptors (Lipinski definition) is 0. The van der Waals surface area contributed by atoms with E-state index >= 15 is 0 Å². The van der Waals surface area contributed by atoms with Gasteiger partial charge in [0.05, 0.1) is 0 Å². The topological polar surface area (TPSA) is 0 Å². The van der Waals surface area contributed by atoms with Crippen molar-refractivity contribution in [1.29, 1.82) is 0 Å². The van der Waals surface area contributed by atoms with E-state index in [2.05, 4.69) is 32.9 Å². The first kappa shape index (κ1) is 12.2. The molecule has 0 amide bonds. The molecule has 0 nitrogen and oxygen atoms in total. The Balaban J connectivity index is 3.93. The predicted molar refractivity (Wildman–Crippen MR) is 63.4 cm³/mol. The fourth-order valence-corrected chi connectivity index (χ4v) is 2.83. The second kappa shape index (κ2) is 6.71. The fourth-order valence-electron chi connectivity index (χ4n) is 1.60. The zero-order valence-electron chi connectivity index (χ0n) is 9.10. The van der Waals surface area contributed by atoms with Crippen molar-refractivity contribution in [2.24, 2.45) is 11.8 Å². The summed E-state index contributed by atoms with van der Waals surface area (Å²) in [4.78, 5) is 0. The third-order valence-corrected chi connectivity index (χ3v) is 3.60. The zero-order chi connectivity index (χ0) is 9.56. The van der Waals surface area contributed by atoms with Crippen molar-refractivity contribution in [3.05, 3.63) is 0 Å². The SMILES string of the molecule is C=S(C)CC(CCC)[C@@H](C)CC. The molecular formula is C11H24S. The average Bonchev–Trinajstić information content (AvgIpc) is 2.01. The molecule has 0 spiro atoms. The van der Waals surface area contributed by atoms with Crippen molar-refractivity contribution in [2.45, 2.75) is 40.0 Å². The van der Waals surface area contributed by atoms with E-state index in [4.69, 9.17) is 0 Å². The van der Waals surface area contributed by atoms with E-state index < -0.39 is 0 Å². The molecule has 12 heavy (non-hydrogen) atoms. The van der Waals surface area contributed by atoms with Gasteiger partial charge in [0.1, 0.15) is 0 Å². The molecule has 0 aromatic carbocycles. The van der Waals surface area contributed by atoms with E-state index in [1.807, 2.05) is 0 Å². The van der Waals surface area contributed by atoms with E-state index in [0.29, 0.717) is 10.5 Å². The van der Waals surface area contributed by atoms with Crippen LogP contribution < -0.4 is 0 Å². The summed E-state index contributed by atoms with van der Waals surface area (Å²) >= 11 is 0. The van der Waals surface area contributed by atoms with Crippen LogP contribution in [0.4, 0.5) is 0 Å². The fraction of sp³-hybridized carbons (Fsp3) is 0.909. The van der Waals surface area contributed by atoms with Gasteiger partial charge in [-0.15, -0.1) is 0 Å². The highest BCUT2D eigenvalue weighted by molar-refractivity contribution is 8.13. The van der Waals surface area contributed by atoms with Gasteiger partial charge in [-0.25, -0.2) is 0 Å². The van der Waals surface area contributed by atoms with Gasteiger partial charge in [-0.3, -0.25) is 0 Å². The maximum Gasteiger partial charge on any atom is -0.00944 e. The molecule has 0 rings (SSSR count). The van der Waals surface area contributed by atoms with Crippen LogP contribution in [0.5, 0.6) is 0 Å². The third kappa shape index (κ3) is 4.97. The number of rotatable bonds is 6. The van der Waals surface area contributed by atoms with Crippen LogP contribution in [0, 0.1) is 11.8 Å². The third-order valence-electron chi connectivity index (χ3n) is 2.61. The lowest BCUT2D eigenvalue weighted by Crippen LogP contribution is -2.14. The van der Waals surface area contributed by atoms with Crippen LogP contribution in [0.3, 0.4) is 0 Å². The summed E-state index contributed by atoms with van der Waals surface area (Å²) in [5.41, 5.74) is 0. The molecule has 0 saturated carbocycles. The van der Waals surface area contributed by atoms with Crippen molar-refractivity contribution in [1.82, 2.24) is 0 Å². The van der Waals surface area contributed by atoms with Gasteiger partial charge in [0.15, 0.2) is 0 Å². The maximum absolute atomic E-state index is 4.10. The van der Waals surface area contributed by atoms with E-state index in [0.717, 1.165) is 11.8 Å². The molecule has 0 aromatic heterocycles. The monoisotopic (exact) mass is 188 g/mol. The molecule has 0 N–H and O–H groups in total. The minimum Gasteiger partial charge on any atom is -0.196 e. The summed E-state index contributed by atoms with van der Waals surface area (Å²) in [6.07, 6.45) is 6.29. The van der Waals surface area contributed by atoms with Gasteiger partial charge in [-0.2, -0.15) is 10.5 Å². The highest BCUT2D eigenvalue weighted by Gasteiger charge is 2.14. The smallest absolute Gasteiger partial charge is 0.00944 e. The normalized spacial score (nSPS) is 18.7. The first-order valence-electron chi connectivity index (χ1n) is 5.04. The minimum absolute atomic E-state index is 0.381. The van der Waals surface area contributed by atoms with Crippen molar-refractivity contribution >= 4 is 16.4 Å². The molecule has 0 bridgehead atoms. The molecule has 0 fully saturated rings. The summed E-state index contributed by atoms with van der Waals surface area (Å²) in [5.74, 6) is 7.25. The van der Waals surface area contributed by atoms with Gasteiger partial charge in [0.25, 0.3) is 0 Å². The Morgan fingerprint density at radius 2 is 1.92 bits per heavy atom. The standard InChI is InChI=1S/C11H24S/c1-6-8-11(9-12(4)5)10(3)7-2/h10-11H,4,6-9H2,1-3,5H3/t10-,11?,12?/m0/s1. The molecule has 2 unspecified atom stereocenters. The van der Waals surface area contributed by atoms with Crippen LogP contribution >= 0.6 is 10.5 Å². The summed E-state index contributed by atoms with van der Waals surface area (Å²) < 4.78 is 0. The van der Waals surface area contributed by atoms with Crippen LogP contribution in [0.15, 0.2) is 0 Å². The summed E-state index contributed by atoms with van der Waals surface area (Å²) in [5, 5.41) is 0. The lowest BCUT2D eigenvalue weighted by molar-refractivity contribution is 0.358. The summed E-state index contributed by atoms with van der Waals surface area (Å²) in [6, 6.07) is 0. The Morgan fingerprint density at radius 1 is 1.33 bits per heavy atom. The zero-order valence-corrected chi connectivity index (χ0v) is 9.91. The lowest BCUT2D eigenvalue weighted by Gasteiger charge is -2.22. The molecule has 0 radical (unpaired) electrons. The molecule has 1 heteroatoms. The van der Waals surface area contributed by atoms with Crippen LogP contribution in [-0.4, -0.2) is 17.9 Å². The Hall–Kier alpha value is 0.220. The molecular weight excluding hydrogens is 164 g/mol. The van der Waals surface area contributed by atoms with Gasteiger partial charge in [0, 0.05) is 0 Å². The van der Waals surface area contributed by atoms with Crippen molar-refractivity contribution in [3.8, 4) is 0 Å². The highest BCUT2D eigenvalue weighted by atomic mass is 32.2. The van der Waals surface area contributed by atoms with E-state index in [9.17, 15) is 0 Å². The van der Waals surface area contributed by atoms with E-state index in [-0.39, 0.29) is 0 Å². The molecule has 0 saturated heterocycles. The Bertz CT molecular complexity index is 129. The largest absolute Gasteiger partial charge is 0.196 e. The highest BCUT2D eigenvalue weighted by Crippen LogP contribution is 2.25. The van der Waals surface area contributed by atoms with Gasteiger partial charge in [0.2, 0.25) is 0 Å². The van der Waals surface area contributed by atoms with Gasteiger partial charge < -0.3 is 0 Å². The molecule has 0 aromatic rings. The maximum atomic E-state index is 4.10. The van der Waals surface area contributed by atoms with Gasteiger partial charge in [-0.05, 0) is 30.3 Å². The average molecular weight is 188 g/mol. The van der Waals surface area contributed by atoms with E-state index in [1.54, 1.807) is 0 Å². The molecule has 0 aliphatic heterocycles. The molecule has 74 valence electrons. The van der Waals surface area contributed by atoms with Crippen LogP contribution in [0.25, 0.3) is 0 Å². The van der Waals surface area contributed by atoms with Crippen molar-refractivity contribution in [2.75, 3.05) is 12.0 Å². The molecule has 0 aliphatic carbocycles. The molecule has 0 heterocycles. The first-order chi connectivity index (χ1) is 5.61. The Morgan fingerprint density at radius 3 is 2.25 bits per heavy atom. The predicted octanol–water partition coefficient (Wildman–Crippen LogP) is 3.78. The Kier molecular flexibility index (Phi) is 6.83. The van der Waals surface area contributed by atoms with Crippen LogP contribution in [0.2, 0.25) is 0 Å². The van der Waals surface area contributed by atoms with Crippen molar-refractivity contribution < 1.29 is 0 Å². The summed E-state index contributed by atoms with van der Waals surface area (Å²) in [7, 11) is 0.381. The first-order valence-corrected chi connectivity index (χ1v) is 7.01. The van der Waals surface area contributed by atoms with Crippen LogP contribution in [0.1, 0.15) is 40.0 Å². The molecule has 0 aliphatic rings. The van der Waals surface area contributed by atoms with Gasteiger partial charge in [-0.1, -0.05) is 39.5 Å². The second-order valence-corrected chi connectivity index (χ2v) is 5.78. The quantitative estimate of drug-likeness (QED) is 0.557. The lowest BCUT2D eigenvalue weighted by atomic mass is 9.90. The molecule has 3 atom stereocenters. The Labute approximate surface area is 80.7 Å². The summed E-state index contributed by atoms with van der Waals surface area (Å²) in [6.45, 7) is 6.96. The second-order valence-electron chi connectivity index (χ2n) is 3.88.